The van der Waals surface area contributed by atoms with Gasteiger partial charge in [0.25, 0.3) is 0 Å². The topological polar surface area (TPSA) is 52.9 Å². The van der Waals surface area contributed by atoms with Crippen LogP contribution >= 0.6 is 0 Å². The van der Waals surface area contributed by atoms with E-state index in [1.165, 1.54) is 5.56 Å². The Bertz CT molecular complexity index is 396. The van der Waals surface area contributed by atoms with Crippen LogP contribution in [-0.4, -0.2) is 48.4 Å². The number of piperidine rings is 1. The Morgan fingerprint density at radius 2 is 2.00 bits per heavy atom. The molecule has 19 heavy (non-hydrogen) atoms. The molecule has 0 radical (unpaired) electrons. The number of likely N-dealkylation sites (tertiary alicyclic amines) is 1. The van der Waals surface area contributed by atoms with Crippen LogP contribution in [-0.2, 0) is 11.3 Å². The number of hydrogen-bond donors (Lipinski definition) is 2. The van der Waals surface area contributed by atoms with Crippen molar-refractivity contribution in [3.05, 3.63) is 29.8 Å². The first-order valence-electron chi connectivity index (χ1n) is 6.80. The highest BCUT2D eigenvalue weighted by atomic mass is 16.5. The molecule has 0 aliphatic carbocycles. The van der Waals surface area contributed by atoms with E-state index in [1.54, 1.807) is 19.2 Å². The minimum atomic E-state index is -1.39. The standard InChI is InChI=1S/C14H22BNO3/c1-11-7-8-16(10-14(11)19-2)9-12-3-5-13(6-4-12)15(17)18/h3-6,11,14,17-18H,7-10H2,1-2H3. The predicted molar refractivity (Wildman–Crippen MR) is 76.1 cm³/mol. The van der Waals surface area contributed by atoms with Crippen molar-refractivity contribution in [2.45, 2.75) is 26.0 Å². The third-order valence-corrected chi connectivity index (χ3v) is 3.96. The number of rotatable bonds is 4. The van der Waals surface area contributed by atoms with Crippen molar-refractivity contribution < 1.29 is 14.8 Å². The van der Waals surface area contributed by atoms with Crippen LogP contribution in [0.1, 0.15) is 18.9 Å². The van der Waals surface area contributed by atoms with E-state index >= 15 is 0 Å². The molecule has 0 bridgehead atoms. The zero-order chi connectivity index (χ0) is 13.8. The summed E-state index contributed by atoms with van der Waals surface area (Å²) in [7, 11) is 0.394. The average Bonchev–Trinajstić information content (AvgIpc) is 2.41. The number of benzene rings is 1. The Morgan fingerprint density at radius 1 is 1.32 bits per heavy atom. The molecule has 0 aromatic heterocycles. The maximum Gasteiger partial charge on any atom is 0.488 e. The van der Waals surface area contributed by atoms with Crippen molar-refractivity contribution in [2.24, 2.45) is 5.92 Å². The maximum absolute atomic E-state index is 9.06. The number of ether oxygens (including phenoxy) is 1. The van der Waals surface area contributed by atoms with Crippen molar-refractivity contribution in [2.75, 3.05) is 20.2 Å². The molecule has 2 unspecified atom stereocenters. The SMILES string of the molecule is COC1CN(Cc2ccc(B(O)O)cc2)CCC1C. The van der Waals surface area contributed by atoms with Gasteiger partial charge >= 0.3 is 7.12 Å². The molecule has 2 N–H and O–H groups in total. The number of nitrogens with zero attached hydrogens (tertiary/aromatic N) is 1. The Kier molecular flexibility index (Phi) is 4.99. The lowest BCUT2D eigenvalue weighted by molar-refractivity contribution is -0.00744. The minimum Gasteiger partial charge on any atom is -0.423 e. The van der Waals surface area contributed by atoms with E-state index in [1.807, 2.05) is 12.1 Å². The van der Waals surface area contributed by atoms with Crippen LogP contribution in [0.25, 0.3) is 0 Å². The second-order valence-electron chi connectivity index (χ2n) is 5.39. The second kappa shape index (κ2) is 6.52. The molecule has 0 amide bonds. The quantitative estimate of drug-likeness (QED) is 0.763. The molecule has 0 saturated carbocycles. The molecule has 2 atom stereocenters. The molecule has 104 valence electrons. The fourth-order valence-electron chi connectivity index (χ4n) is 2.60. The molecule has 0 spiro atoms. The van der Waals surface area contributed by atoms with Crippen LogP contribution in [0, 0.1) is 5.92 Å². The Morgan fingerprint density at radius 3 is 2.58 bits per heavy atom. The normalized spacial score (nSPS) is 24.4. The van der Waals surface area contributed by atoms with Crippen molar-refractivity contribution in [1.29, 1.82) is 0 Å². The summed E-state index contributed by atoms with van der Waals surface area (Å²) in [4.78, 5) is 2.39. The van der Waals surface area contributed by atoms with Crippen LogP contribution in [0.4, 0.5) is 0 Å². The summed E-state index contributed by atoms with van der Waals surface area (Å²) in [6.45, 7) is 5.17. The van der Waals surface area contributed by atoms with Crippen LogP contribution in [0.2, 0.25) is 0 Å². The number of hydrogen-bond acceptors (Lipinski definition) is 4. The summed E-state index contributed by atoms with van der Waals surface area (Å²) in [5.41, 5.74) is 1.72. The molecule has 1 aliphatic rings. The highest BCUT2D eigenvalue weighted by molar-refractivity contribution is 6.58. The van der Waals surface area contributed by atoms with Gasteiger partial charge < -0.3 is 14.8 Å². The summed E-state index contributed by atoms with van der Waals surface area (Å²) in [6, 6.07) is 7.43. The third kappa shape index (κ3) is 3.80. The summed E-state index contributed by atoms with van der Waals surface area (Å²) in [5.74, 6) is 0.619. The summed E-state index contributed by atoms with van der Waals surface area (Å²) in [5, 5.41) is 18.1. The van der Waals surface area contributed by atoms with E-state index in [0.29, 0.717) is 17.5 Å². The van der Waals surface area contributed by atoms with E-state index in [0.717, 1.165) is 26.1 Å². The fourth-order valence-corrected chi connectivity index (χ4v) is 2.60. The predicted octanol–water partition coefficient (Wildman–Crippen LogP) is 0.223. The molecule has 1 aromatic rings. The minimum absolute atomic E-state index is 0.312. The Labute approximate surface area is 115 Å². The lowest BCUT2D eigenvalue weighted by Crippen LogP contribution is -2.43. The summed E-state index contributed by atoms with van der Waals surface area (Å²) < 4.78 is 5.51. The molecule has 1 aliphatic heterocycles. The van der Waals surface area contributed by atoms with Crippen molar-refractivity contribution >= 4 is 12.6 Å². The molecular weight excluding hydrogens is 241 g/mol. The lowest BCUT2D eigenvalue weighted by Gasteiger charge is -2.36. The van der Waals surface area contributed by atoms with Crippen LogP contribution in [0.3, 0.4) is 0 Å². The van der Waals surface area contributed by atoms with Crippen molar-refractivity contribution in [1.82, 2.24) is 4.90 Å². The Balaban J connectivity index is 1.94. The highest BCUT2D eigenvalue weighted by Gasteiger charge is 2.25. The van der Waals surface area contributed by atoms with Gasteiger partial charge in [-0.2, -0.15) is 0 Å². The van der Waals surface area contributed by atoms with E-state index in [4.69, 9.17) is 14.8 Å². The van der Waals surface area contributed by atoms with Gasteiger partial charge in [-0.1, -0.05) is 31.2 Å². The summed E-state index contributed by atoms with van der Waals surface area (Å²) in [6.07, 6.45) is 1.47. The molecule has 5 heteroatoms. The smallest absolute Gasteiger partial charge is 0.423 e. The van der Waals surface area contributed by atoms with E-state index in [9.17, 15) is 0 Å². The van der Waals surface area contributed by atoms with Gasteiger partial charge in [0.2, 0.25) is 0 Å². The molecule has 1 saturated heterocycles. The molecule has 1 fully saturated rings. The van der Waals surface area contributed by atoms with Gasteiger partial charge in [-0.05, 0) is 29.9 Å². The largest absolute Gasteiger partial charge is 0.488 e. The molecular formula is C14H22BNO3. The van der Waals surface area contributed by atoms with Gasteiger partial charge in [-0.15, -0.1) is 0 Å². The zero-order valence-electron chi connectivity index (χ0n) is 11.6. The average molecular weight is 263 g/mol. The molecule has 4 nitrogen and oxygen atoms in total. The fraction of sp³-hybridized carbons (Fsp3) is 0.571. The summed E-state index contributed by atoms with van der Waals surface area (Å²) >= 11 is 0. The van der Waals surface area contributed by atoms with Crippen LogP contribution in [0.15, 0.2) is 24.3 Å². The highest BCUT2D eigenvalue weighted by Crippen LogP contribution is 2.20. The zero-order valence-corrected chi connectivity index (χ0v) is 11.6. The number of methoxy groups -OCH3 is 1. The monoisotopic (exact) mass is 263 g/mol. The Hall–Kier alpha value is -0.875. The first-order chi connectivity index (χ1) is 9.10. The van der Waals surface area contributed by atoms with Gasteiger partial charge in [0, 0.05) is 20.2 Å². The van der Waals surface area contributed by atoms with Gasteiger partial charge in [0.05, 0.1) is 6.10 Å². The van der Waals surface area contributed by atoms with Crippen LogP contribution < -0.4 is 5.46 Å². The third-order valence-electron chi connectivity index (χ3n) is 3.96. The van der Waals surface area contributed by atoms with E-state index in [-0.39, 0.29) is 0 Å². The van der Waals surface area contributed by atoms with Gasteiger partial charge in [-0.3, -0.25) is 4.90 Å². The lowest BCUT2D eigenvalue weighted by atomic mass is 9.80. The van der Waals surface area contributed by atoms with Gasteiger partial charge in [0.1, 0.15) is 0 Å². The van der Waals surface area contributed by atoms with Crippen molar-refractivity contribution in [3.63, 3.8) is 0 Å². The van der Waals surface area contributed by atoms with E-state index in [2.05, 4.69) is 11.8 Å². The molecule has 2 rings (SSSR count). The molecule has 1 aromatic carbocycles. The second-order valence-corrected chi connectivity index (χ2v) is 5.39. The van der Waals surface area contributed by atoms with E-state index < -0.39 is 7.12 Å². The van der Waals surface area contributed by atoms with Crippen molar-refractivity contribution in [3.8, 4) is 0 Å². The van der Waals surface area contributed by atoms with Crippen LogP contribution in [0.5, 0.6) is 0 Å². The first-order valence-corrected chi connectivity index (χ1v) is 6.80. The van der Waals surface area contributed by atoms with Gasteiger partial charge in [0.15, 0.2) is 0 Å². The maximum atomic E-state index is 9.06. The van der Waals surface area contributed by atoms with Gasteiger partial charge in [-0.25, -0.2) is 0 Å². The first kappa shape index (κ1) is 14.5. The molecule has 1 heterocycles.